The van der Waals surface area contributed by atoms with Crippen LogP contribution in [0.15, 0.2) is 12.1 Å². The second kappa shape index (κ2) is 6.05. The minimum absolute atomic E-state index is 0.415. The fourth-order valence-electron chi connectivity index (χ4n) is 2.48. The van der Waals surface area contributed by atoms with Crippen LogP contribution in [-0.4, -0.2) is 35.6 Å². The molecular formula is C14H24N4. The Labute approximate surface area is 110 Å². The van der Waals surface area contributed by atoms with Gasteiger partial charge >= 0.3 is 0 Å². The molecule has 1 atom stereocenters. The van der Waals surface area contributed by atoms with Crippen molar-refractivity contribution in [3.8, 4) is 0 Å². The Balaban J connectivity index is 1.85. The maximum atomic E-state index is 5.77. The van der Waals surface area contributed by atoms with Gasteiger partial charge in [-0.25, -0.2) is 4.98 Å². The number of anilines is 2. The van der Waals surface area contributed by atoms with E-state index in [-0.39, 0.29) is 0 Å². The average Bonchev–Trinajstić information content (AvgIpc) is 2.35. The van der Waals surface area contributed by atoms with Gasteiger partial charge in [0.2, 0.25) is 0 Å². The average molecular weight is 248 g/mol. The summed E-state index contributed by atoms with van der Waals surface area (Å²) in [5.74, 6) is 0.922. The number of nitrogens with one attached hydrogen (secondary N) is 1. The Hall–Kier alpha value is -1.29. The Morgan fingerprint density at radius 3 is 2.72 bits per heavy atom. The van der Waals surface area contributed by atoms with Crippen molar-refractivity contribution in [2.24, 2.45) is 0 Å². The van der Waals surface area contributed by atoms with Gasteiger partial charge in [-0.15, -0.1) is 0 Å². The summed E-state index contributed by atoms with van der Waals surface area (Å²) in [4.78, 5) is 6.98. The van der Waals surface area contributed by atoms with Crippen LogP contribution in [0, 0.1) is 6.92 Å². The molecule has 2 heterocycles. The third-order valence-electron chi connectivity index (χ3n) is 3.50. The van der Waals surface area contributed by atoms with Crippen LogP contribution in [-0.2, 0) is 0 Å². The molecule has 1 unspecified atom stereocenters. The summed E-state index contributed by atoms with van der Waals surface area (Å²) in [5, 5.41) is 3.45. The van der Waals surface area contributed by atoms with Crippen LogP contribution >= 0.6 is 0 Å². The first kappa shape index (κ1) is 13.1. The lowest BCUT2D eigenvalue weighted by molar-refractivity contribution is 0.223. The number of rotatable bonds is 4. The van der Waals surface area contributed by atoms with Crippen LogP contribution in [0.3, 0.4) is 0 Å². The predicted molar refractivity (Wildman–Crippen MR) is 76.8 cm³/mol. The summed E-state index contributed by atoms with van der Waals surface area (Å²) in [6, 6.07) is 4.28. The molecule has 0 spiro atoms. The maximum Gasteiger partial charge on any atom is 0.126 e. The number of nitrogens with zero attached hydrogens (tertiary/aromatic N) is 2. The van der Waals surface area contributed by atoms with Gasteiger partial charge in [0, 0.05) is 12.6 Å². The number of aryl methyl sites for hydroxylation is 1. The smallest absolute Gasteiger partial charge is 0.126 e. The molecule has 0 bridgehead atoms. The molecule has 1 saturated heterocycles. The number of aromatic nitrogens is 1. The third kappa shape index (κ3) is 3.60. The summed E-state index contributed by atoms with van der Waals surface area (Å²) in [6.07, 6.45) is 4.06. The van der Waals surface area contributed by atoms with E-state index >= 15 is 0 Å². The zero-order valence-electron chi connectivity index (χ0n) is 11.4. The van der Waals surface area contributed by atoms with Gasteiger partial charge in [-0.1, -0.05) is 6.42 Å². The number of hydrogen-bond acceptors (Lipinski definition) is 4. The van der Waals surface area contributed by atoms with Crippen molar-refractivity contribution in [1.82, 2.24) is 9.88 Å². The summed E-state index contributed by atoms with van der Waals surface area (Å²) < 4.78 is 0. The summed E-state index contributed by atoms with van der Waals surface area (Å²) in [5.41, 5.74) is 7.42. The van der Waals surface area contributed by atoms with Gasteiger partial charge in [-0.05, 0) is 51.9 Å². The Kier molecular flexibility index (Phi) is 4.42. The lowest BCUT2D eigenvalue weighted by Crippen LogP contribution is -2.38. The summed E-state index contributed by atoms with van der Waals surface area (Å²) in [7, 11) is 0. The van der Waals surface area contributed by atoms with Crippen molar-refractivity contribution in [3.05, 3.63) is 17.8 Å². The zero-order chi connectivity index (χ0) is 13.0. The largest absolute Gasteiger partial charge is 0.397 e. The molecule has 18 heavy (non-hydrogen) atoms. The normalized spacial score (nSPS) is 18.6. The molecule has 4 nitrogen and oxygen atoms in total. The van der Waals surface area contributed by atoms with Crippen molar-refractivity contribution in [2.45, 2.75) is 39.2 Å². The standard InChI is InChI=1S/C14H24N4/c1-11(10-18-8-4-3-5-9-18)16-14-7-6-13(15)12(2)17-14/h6-7,11H,3-5,8-10,15H2,1-2H3,(H,16,17). The zero-order valence-corrected chi connectivity index (χ0v) is 11.4. The van der Waals surface area contributed by atoms with Crippen molar-refractivity contribution in [3.63, 3.8) is 0 Å². The fraction of sp³-hybridized carbons (Fsp3) is 0.643. The van der Waals surface area contributed by atoms with Crippen LogP contribution in [0.5, 0.6) is 0 Å². The van der Waals surface area contributed by atoms with Crippen LogP contribution in [0.25, 0.3) is 0 Å². The molecule has 2 rings (SSSR count). The molecule has 0 aromatic carbocycles. The molecule has 0 amide bonds. The second-order valence-electron chi connectivity index (χ2n) is 5.28. The number of nitrogen functional groups attached to an aromatic ring is 1. The number of nitrogens with two attached hydrogens (primary N) is 1. The molecule has 4 heteroatoms. The highest BCUT2D eigenvalue weighted by atomic mass is 15.2. The predicted octanol–water partition coefficient (Wildman–Crippen LogP) is 2.26. The van der Waals surface area contributed by atoms with E-state index in [0.717, 1.165) is 23.7 Å². The number of piperidine rings is 1. The van der Waals surface area contributed by atoms with E-state index in [1.807, 2.05) is 19.1 Å². The molecule has 1 aromatic heterocycles. The highest BCUT2D eigenvalue weighted by Crippen LogP contribution is 2.14. The van der Waals surface area contributed by atoms with Gasteiger partial charge in [0.25, 0.3) is 0 Å². The summed E-state index contributed by atoms with van der Waals surface area (Å²) in [6.45, 7) is 7.71. The molecule has 1 aliphatic rings. The maximum absolute atomic E-state index is 5.77. The van der Waals surface area contributed by atoms with Gasteiger partial charge < -0.3 is 16.0 Å². The topological polar surface area (TPSA) is 54.2 Å². The minimum Gasteiger partial charge on any atom is -0.397 e. The number of hydrogen-bond donors (Lipinski definition) is 2. The van der Waals surface area contributed by atoms with Gasteiger partial charge in [-0.2, -0.15) is 0 Å². The van der Waals surface area contributed by atoms with E-state index in [9.17, 15) is 0 Å². The lowest BCUT2D eigenvalue weighted by Gasteiger charge is -2.29. The SMILES string of the molecule is Cc1nc(NC(C)CN2CCCCC2)ccc1N. The van der Waals surface area contributed by atoms with Gasteiger partial charge in [-0.3, -0.25) is 0 Å². The van der Waals surface area contributed by atoms with Crippen LogP contribution in [0.1, 0.15) is 31.9 Å². The van der Waals surface area contributed by atoms with Gasteiger partial charge in [0.15, 0.2) is 0 Å². The molecule has 1 aromatic rings. The third-order valence-corrected chi connectivity index (χ3v) is 3.50. The van der Waals surface area contributed by atoms with Crippen LogP contribution in [0.2, 0.25) is 0 Å². The molecule has 0 saturated carbocycles. The molecular weight excluding hydrogens is 224 g/mol. The molecule has 1 aliphatic heterocycles. The van der Waals surface area contributed by atoms with Crippen molar-refractivity contribution in [2.75, 3.05) is 30.7 Å². The quantitative estimate of drug-likeness (QED) is 0.858. The molecule has 0 radical (unpaired) electrons. The minimum atomic E-state index is 0.415. The lowest BCUT2D eigenvalue weighted by atomic mass is 10.1. The molecule has 0 aliphatic carbocycles. The first-order valence-corrected chi connectivity index (χ1v) is 6.87. The Morgan fingerprint density at radius 2 is 2.06 bits per heavy atom. The van der Waals surface area contributed by atoms with Gasteiger partial charge in [0.05, 0.1) is 11.4 Å². The number of likely N-dealkylation sites (tertiary alicyclic amines) is 1. The fourth-order valence-corrected chi connectivity index (χ4v) is 2.48. The molecule has 100 valence electrons. The van der Waals surface area contributed by atoms with Crippen molar-refractivity contribution >= 4 is 11.5 Å². The van der Waals surface area contributed by atoms with Crippen molar-refractivity contribution < 1.29 is 0 Å². The highest BCUT2D eigenvalue weighted by molar-refractivity contribution is 5.49. The van der Waals surface area contributed by atoms with Crippen molar-refractivity contribution in [1.29, 1.82) is 0 Å². The first-order valence-electron chi connectivity index (χ1n) is 6.87. The first-order chi connectivity index (χ1) is 8.65. The number of pyridine rings is 1. The van der Waals surface area contributed by atoms with E-state index in [1.165, 1.54) is 32.4 Å². The van der Waals surface area contributed by atoms with E-state index in [1.54, 1.807) is 0 Å². The molecule has 3 N–H and O–H groups in total. The van der Waals surface area contributed by atoms with E-state index in [2.05, 4.69) is 22.1 Å². The van der Waals surface area contributed by atoms with Crippen LogP contribution < -0.4 is 11.1 Å². The summed E-state index contributed by atoms with van der Waals surface area (Å²) >= 11 is 0. The van der Waals surface area contributed by atoms with E-state index in [0.29, 0.717) is 6.04 Å². The highest BCUT2D eigenvalue weighted by Gasteiger charge is 2.13. The molecule has 1 fully saturated rings. The second-order valence-corrected chi connectivity index (χ2v) is 5.28. The monoisotopic (exact) mass is 248 g/mol. The Morgan fingerprint density at radius 1 is 1.33 bits per heavy atom. The van der Waals surface area contributed by atoms with Crippen LogP contribution in [0.4, 0.5) is 11.5 Å². The van der Waals surface area contributed by atoms with E-state index in [4.69, 9.17) is 5.73 Å². The van der Waals surface area contributed by atoms with E-state index < -0.39 is 0 Å². The van der Waals surface area contributed by atoms with Gasteiger partial charge in [0.1, 0.15) is 5.82 Å². The Bertz CT molecular complexity index is 385.